The first-order chi connectivity index (χ1) is 9.20. The third-order valence-corrected chi connectivity index (χ3v) is 2.96. The highest BCUT2D eigenvalue weighted by Gasteiger charge is 2.07. The van der Waals surface area contributed by atoms with E-state index < -0.39 is 0 Å². The first kappa shape index (κ1) is 13.6. The van der Waals surface area contributed by atoms with Crippen LogP contribution in [0.1, 0.15) is 11.1 Å². The Hall–Kier alpha value is -1.87. The van der Waals surface area contributed by atoms with Crippen LogP contribution in [0.25, 0.3) is 0 Å². The van der Waals surface area contributed by atoms with Gasteiger partial charge in [0.1, 0.15) is 12.4 Å². The van der Waals surface area contributed by atoms with Crippen LogP contribution in [0.15, 0.2) is 49.2 Å². The number of allylic oxidation sites excluding steroid dienone is 1. The standard InChI is InChI=1S/C15H13ClFNO/c1-2-4-11-7-8-15(18-9-11)19-10-12-13(16)5-3-6-14(12)17/h2-3,5-9H,1,4,10H2. The fourth-order valence-corrected chi connectivity index (χ4v) is 1.82. The smallest absolute Gasteiger partial charge is 0.213 e. The molecule has 19 heavy (non-hydrogen) atoms. The van der Waals surface area contributed by atoms with E-state index in [-0.39, 0.29) is 12.4 Å². The number of ether oxygens (including phenoxy) is 1. The number of rotatable bonds is 5. The fraction of sp³-hybridized carbons (Fsp3) is 0.133. The van der Waals surface area contributed by atoms with Gasteiger partial charge in [-0.1, -0.05) is 29.8 Å². The Bertz CT molecular complexity index is 549. The minimum Gasteiger partial charge on any atom is -0.473 e. The summed E-state index contributed by atoms with van der Waals surface area (Å²) in [5.41, 5.74) is 1.38. The van der Waals surface area contributed by atoms with Gasteiger partial charge in [-0.2, -0.15) is 0 Å². The van der Waals surface area contributed by atoms with Crippen molar-refractivity contribution >= 4 is 11.6 Å². The minimum absolute atomic E-state index is 0.0549. The first-order valence-electron chi connectivity index (χ1n) is 5.82. The quantitative estimate of drug-likeness (QED) is 0.765. The summed E-state index contributed by atoms with van der Waals surface area (Å²) >= 11 is 5.91. The summed E-state index contributed by atoms with van der Waals surface area (Å²) in [5, 5.41) is 0.350. The number of aromatic nitrogens is 1. The Morgan fingerprint density at radius 1 is 1.32 bits per heavy atom. The molecule has 0 radical (unpaired) electrons. The summed E-state index contributed by atoms with van der Waals surface area (Å²) in [6.07, 6.45) is 4.27. The Morgan fingerprint density at radius 2 is 2.16 bits per heavy atom. The molecule has 2 aromatic rings. The third kappa shape index (κ3) is 3.55. The van der Waals surface area contributed by atoms with Crippen molar-refractivity contribution in [2.75, 3.05) is 0 Å². The van der Waals surface area contributed by atoms with E-state index in [1.165, 1.54) is 6.07 Å². The molecule has 4 heteroatoms. The van der Waals surface area contributed by atoms with Gasteiger partial charge in [-0.25, -0.2) is 9.37 Å². The number of nitrogens with zero attached hydrogens (tertiary/aromatic N) is 1. The normalized spacial score (nSPS) is 10.2. The zero-order valence-electron chi connectivity index (χ0n) is 10.3. The maximum atomic E-state index is 13.5. The second kappa shape index (κ2) is 6.34. The maximum absolute atomic E-state index is 13.5. The molecular formula is C15H13ClFNO. The Kier molecular flexibility index (Phi) is 4.53. The van der Waals surface area contributed by atoms with Gasteiger partial charge < -0.3 is 4.74 Å². The third-order valence-electron chi connectivity index (χ3n) is 2.60. The number of hydrogen-bond acceptors (Lipinski definition) is 2. The van der Waals surface area contributed by atoms with E-state index in [1.807, 2.05) is 6.07 Å². The molecule has 1 heterocycles. The molecule has 0 atom stereocenters. The molecule has 0 aliphatic rings. The van der Waals surface area contributed by atoms with Crippen LogP contribution in [0.5, 0.6) is 5.88 Å². The average molecular weight is 278 g/mol. The highest BCUT2D eigenvalue weighted by molar-refractivity contribution is 6.31. The maximum Gasteiger partial charge on any atom is 0.213 e. The van der Waals surface area contributed by atoms with Crippen molar-refractivity contribution in [2.45, 2.75) is 13.0 Å². The van der Waals surface area contributed by atoms with Gasteiger partial charge in [0.2, 0.25) is 5.88 Å². The topological polar surface area (TPSA) is 22.1 Å². The molecule has 0 fully saturated rings. The molecule has 2 rings (SSSR count). The van der Waals surface area contributed by atoms with Crippen molar-refractivity contribution in [1.82, 2.24) is 4.98 Å². The summed E-state index contributed by atoms with van der Waals surface area (Å²) in [5.74, 6) is 0.0582. The van der Waals surface area contributed by atoms with Gasteiger partial charge in [0.05, 0.1) is 5.02 Å². The molecule has 0 spiro atoms. The van der Waals surface area contributed by atoms with E-state index >= 15 is 0 Å². The molecule has 2 nitrogen and oxygen atoms in total. The van der Waals surface area contributed by atoms with Crippen LogP contribution in [-0.2, 0) is 13.0 Å². The molecule has 1 aromatic heterocycles. The van der Waals surface area contributed by atoms with Gasteiger partial charge >= 0.3 is 0 Å². The first-order valence-corrected chi connectivity index (χ1v) is 6.20. The van der Waals surface area contributed by atoms with Crippen molar-refractivity contribution in [1.29, 1.82) is 0 Å². The number of halogens is 2. The Morgan fingerprint density at radius 3 is 2.79 bits per heavy atom. The van der Waals surface area contributed by atoms with E-state index in [4.69, 9.17) is 16.3 Å². The molecule has 0 saturated heterocycles. The minimum atomic E-state index is -0.379. The number of hydrogen-bond donors (Lipinski definition) is 0. The van der Waals surface area contributed by atoms with Gasteiger partial charge in [-0.15, -0.1) is 6.58 Å². The fourth-order valence-electron chi connectivity index (χ4n) is 1.60. The van der Waals surface area contributed by atoms with Gasteiger partial charge in [0, 0.05) is 17.8 Å². The lowest BCUT2D eigenvalue weighted by molar-refractivity contribution is 0.288. The lowest BCUT2D eigenvalue weighted by atomic mass is 10.2. The largest absolute Gasteiger partial charge is 0.473 e. The molecule has 1 aromatic carbocycles. The molecule has 0 unspecified atom stereocenters. The van der Waals surface area contributed by atoms with Crippen molar-refractivity contribution in [3.05, 3.63) is 71.2 Å². The number of benzene rings is 1. The lowest BCUT2D eigenvalue weighted by Crippen LogP contribution is -2.01. The summed E-state index contributed by atoms with van der Waals surface area (Å²) < 4.78 is 18.9. The lowest BCUT2D eigenvalue weighted by Gasteiger charge is -2.08. The van der Waals surface area contributed by atoms with Crippen molar-refractivity contribution in [3.8, 4) is 5.88 Å². The number of pyridine rings is 1. The molecule has 0 saturated carbocycles. The van der Waals surface area contributed by atoms with E-state index in [1.54, 1.807) is 30.5 Å². The molecular weight excluding hydrogens is 265 g/mol. The zero-order chi connectivity index (χ0) is 13.7. The Labute approximate surface area is 116 Å². The zero-order valence-corrected chi connectivity index (χ0v) is 11.0. The van der Waals surface area contributed by atoms with Crippen LogP contribution in [0, 0.1) is 5.82 Å². The van der Waals surface area contributed by atoms with Crippen molar-refractivity contribution in [2.24, 2.45) is 0 Å². The molecule has 0 amide bonds. The molecule has 98 valence electrons. The van der Waals surface area contributed by atoms with E-state index in [0.717, 1.165) is 12.0 Å². The SMILES string of the molecule is C=CCc1ccc(OCc2c(F)cccc2Cl)nc1. The summed E-state index contributed by atoms with van der Waals surface area (Å²) in [4.78, 5) is 4.14. The molecule has 0 N–H and O–H groups in total. The van der Waals surface area contributed by atoms with Crippen LogP contribution in [0.3, 0.4) is 0 Å². The second-order valence-electron chi connectivity index (χ2n) is 3.99. The van der Waals surface area contributed by atoms with Crippen LogP contribution < -0.4 is 4.74 Å². The van der Waals surface area contributed by atoms with Crippen LogP contribution in [0.2, 0.25) is 5.02 Å². The van der Waals surface area contributed by atoms with Gasteiger partial charge in [-0.3, -0.25) is 0 Å². The van der Waals surface area contributed by atoms with Crippen molar-refractivity contribution < 1.29 is 9.13 Å². The summed E-state index contributed by atoms with van der Waals surface area (Å²) in [7, 11) is 0. The average Bonchev–Trinajstić information content (AvgIpc) is 2.40. The monoisotopic (exact) mass is 277 g/mol. The molecule has 0 bridgehead atoms. The van der Waals surface area contributed by atoms with E-state index in [2.05, 4.69) is 11.6 Å². The van der Waals surface area contributed by atoms with Gasteiger partial charge in [0.25, 0.3) is 0 Å². The Balaban J connectivity index is 2.04. The van der Waals surface area contributed by atoms with Crippen LogP contribution in [-0.4, -0.2) is 4.98 Å². The van der Waals surface area contributed by atoms with E-state index in [0.29, 0.717) is 16.5 Å². The van der Waals surface area contributed by atoms with Crippen LogP contribution in [0.4, 0.5) is 4.39 Å². The summed E-state index contributed by atoms with van der Waals surface area (Å²) in [6.45, 7) is 3.71. The van der Waals surface area contributed by atoms with E-state index in [9.17, 15) is 4.39 Å². The highest BCUT2D eigenvalue weighted by Crippen LogP contribution is 2.20. The second-order valence-corrected chi connectivity index (χ2v) is 4.39. The van der Waals surface area contributed by atoms with Crippen molar-refractivity contribution in [3.63, 3.8) is 0 Å². The van der Waals surface area contributed by atoms with Crippen LogP contribution >= 0.6 is 11.6 Å². The predicted octanol–water partition coefficient (Wildman–Crippen LogP) is 4.18. The predicted molar refractivity (Wildman–Crippen MR) is 73.9 cm³/mol. The highest BCUT2D eigenvalue weighted by atomic mass is 35.5. The molecule has 0 aliphatic heterocycles. The van der Waals surface area contributed by atoms with Gasteiger partial charge in [-0.05, 0) is 24.1 Å². The van der Waals surface area contributed by atoms with Gasteiger partial charge in [0.15, 0.2) is 0 Å². The summed E-state index contributed by atoms with van der Waals surface area (Å²) in [6, 6.07) is 8.18. The molecule has 0 aliphatic carbocycles.